The number of pyridine rings is 1. The van der Waals surface area contributed by atoms with Crippen LogP contribution in [0.25, 0.3) is 0 Å². The number of nitro groups is 1. The Labute approximate surface area is 114 Å². The molecule has 8 heteroatoms. The monoisotopic (exact) mass is 281 g/mol. The van der Waals surface area contributed by atoms with Crippen LogP contribution in [0.5, 0.6) is 0 Å². The molecule has 0 unspecified atom stereocenters. The second kappa shape index (κ2) is 5.83. The fourth-order valence-corrected chi connectivity index (χ4v) is 2.26. The van der Waals surface area contributed by atoms with Crippen LogP contribution in [-0.4, -0.2) is 45.8 Å². The summed E-state index contributed by atoms with van der Waals surface area (Å²) >= 11 is 0. The normalized spacial score (nSPS) is 16.1. The van der Waals surface area contributed by atoms with Crippen molar-refractivity contribution >= 4 is 17.5 Å². The number of hydrogen-bond acceptors (Lipinski definition) is 6. The number of carbonyl (C=O) groups is 1. The van der Waals surface area contributed by atoms with Crippen LogP contribution in [0.15, 0.2) is 12.1 Å². The molecule has 1 aliphatic heterocycles. The number of hydrogen-bond donors (Lipinski definition) is 2. The van der Waals surface area contributed by atoms with Gasteiger partial charge in [-0.2, -0.15) is 0 Å². The van der Waals surface area contributed by atoms with Gasteiger partial charge < -0.3 is 15.1 Å². The van der Waals surface area contributed by atoms with Gasteiger partial charge in [0, 0.05) is 25.8 Å². The van der Waals surface area contributed by atoms with E-state index in [2.05, 4.69) is 4.98 Å². The van der Waals surface area contributed by atoms with Gasteiger partial charge >= 0.3 is 11.7 Å². The number of aromatic carboxylic acids is 1. The molecule has 2 N–H and O–H groups in total. The summed E-state index contributed by atoms with van der Waals surface area (Å²) < 4.78 is 0. The average Bonchev–Trinajstić information content (AvgIpc) is 2.46. The van der Waals surface area contributed by atoms with E-state index in [0.29, 0.717) is 25.9 Å². The molecule has 0 saturated carbocycles. The highest BCUT2D eigenvalue weighted by atomic mass is 16.6. The predicted octanol–water partition coefficient (Wildman–Crippen LogP) is 0.897. The van der Waals surface area contributed by atoms with E-state index in [-0.39, 0.29) is 29.7 Å². The number of carboxylic acids is 1. The van der Waals surface area contributed by atoms with E-state index in [9.17, 15) is 14.9 Å². The van der Waals surface area contributed by atoms with Crippen molar-refractivity contribution in [2.24, 2.45) is 5.92 Å². The van der Waals surface area contributed by atoms with E-state index in [1.54, 1.807) is 4.90 Å². The molecular weight excluding hydrogens is 266 g/mol. The SMILES string of the molecule is O=C(O)c1ccc([N+](=O)[O-])c(N2CCC(CO)CC2)n1. The number of piperidine rings is 1. The molecule has 20 heavy (non-hydrogen) atoms. The highest BCUT2D eigenvalue weighted by Crippen LogP contribution is 2.29. The first-order valence-corrected chi connectivity index (χ1v) is 6.27. The topological polar surface area (TPSA) is 117 Å². The van der Waals surface area contributed by atoms with Gasteiger partial charge in [0.25, 0.3) is 0 Å². The van der Waals surface area contributed by atoms with Gasteiger partial charge in [-0.25, -0.2) is 9.78 Å². The lowest BCUT2D eigenvalue weighted by Crippen LogP contribution is -2.35. The zero-order valence-corrected chi connectivity index (χ0v) is 10.7. The van der Waals surface area contributed by atoms with Crippen LogP contribution in [-0.2, 0) is 0 Å². The molecule has 0 aromatic carbocycles. The Morgan fingerprint density at radius 3 is 2.60 bits per heavy atom. The summed E-state index contributed by atoms with van der Waals surface area (Å²) in [5.41, 5.74) is -0.410. The van der Waals surface area contributed by atoms with Crippen molar-refractivity contribution in [2.45, 2.75) is 12.8 Å². The smallest absolute Gasteiger partial charge is 0.354 e. The van der Waals surface area contributed by atoms with Crippen LogP contribution in [0.2, 0.25) is 0 Å². The fraction of sp³-hybridized carbons (Fsp3) is 0.500. The third-order valence-corrected chi connectivity index (χ3v) is 3.44. The first-order chi connectivity index (χ1) is 9.52. The average molecular weight is 281 g/mol. The van der Waals surface area contributed by atoms with E-state index >= 15 is 0 Å². The highest BCUT2D eigenvalue weighted by molar-refractivity contribution is 5.86. The van der Waals surface area contributed by atoms with Crippen molar-refractivity contribution in [1.82, 2.24) is 4.98 Å². The third kappa shape index (κ3) is 2.85. The molecule has 0 radical (unpaired) electrons. The van der Waals surface area contributed by atoms with Gasteiger partial charge in [0.05, 0.1) is 4.92 Å². The Hall–Kier alpha value is -2.22. The minimum absolute atomic E-state index is 0.0892. The molecule has 1 saturated heterocycles. The minimum atomic E-state index is -1.22. The molecule has 2 heterocycles. The number of aliphatic hydroxyl groups excluding tert-OH is 1. The third-order valence-electron chi connectivity index (χ3n) is 3.44. The fourth-order valence-electron chi connectivity index (χ4n) is 2.26. The minimum Gasteiger partial charge on any atom is -0.477 e. The van der Waals surface area contributed by atoms with Crippen LogP contribution < -0.4 is 4.90 Å². The van der Waals surface area contributed by atoms with Crippen molar-refractivity contribution in [3.8, 4) is 0 Å². The predicted molar refractivity (Wildman–Crippen MR) is 69.9 cm³/mol. The standard InChI is InChI=1S/C12H15N3O5/c16-7-8-3-5-14(6-4-8)11-10(15(19)20)2-1-9(13-11)12(17)18/h1-2,8,16H,3-7H2,(H,17,18). The van der Waals surface area contributed by atoms with Crippen molar-refractivity contribution in [1.29, 1.82) is 0 Å². The Kier molecular flexibility index (Phi) is 4.14. The number of carboxylic acid groups (broad SMARTS) is 1. The lowest BCUT2D eigenvalue weighted by Gasteiger charge is -2.31. The highest BCUT2D eigenvalue weighted by Gasteiger charge is 2.27. The molecule has 1 aromatic heterocycles. The molecule has 0 atom stereocenters. The first kappa shape index (κ1) is 14.2. The summed E-state index contributed by atoms with van der Waals surface area (Å²) in [6.45, 7) is 1.13. The van der Waals surface area contributed by atoms with Crippen LogP contribution in [0, 0.1) is 16.0 Å². The number of aliphatic hydroxyl groups is 1. The van der Waals surface area contributed by atoms with Crippen molar-refractivity contribution < 1.29 is 19.9 Å². The molecule has 0 amide bonds. The summed E-state index contributed by atoms with van der Waals surface area (Å²) in [6.07, 6.45) is 1.40. The van der Waals surface area contributed by atoms with E-state index in [4.69, 9.17) is 10.2 Å². The van der Waals surface area contributed by atoms with Crippen LogP contribution in [0.3, 0.4) is 0 Å². The Balaban J connectivity index is 2.31. The van der Waals surface area contributed by atoms with E-state index < -0.39 is 10.9 Å². The Morgan fingerprint density at radius 2 is 2.10 bits per heavy atom. The number of anilines is 1. The molecule has 1 fully saturated rings. The van der Waals surface area contributed by atoms with Gasteiger partial charge in [0.1, 0.15) is 0 Å². The molecule has 0 aliphatic carbocycles. The van der Waals surface area contributed by atoms with E-state index in [1.165, 1.54) is 6.07 Å². The molecule has 0 bridgehead atoms. The lowest BCUT2D eigenvalue weighted by atomic mass is 9.98. The van der Waals surface area contributed by atoms with Gasteiger partial charge in [0.2, 0.25) is 5.82 Å². The molecular formula is C12H15N3O5. The second-order valence-electron chi connectivity index (χ2n) is 4.71. The number of rotatable bonds is 4. The molecule has 1 aliphatic rings. The first-order valence-electron chi connectivity index (χ1n) is 6.27. The van der Waals surface area contributed by atoms with Crippen molar-refractivity contribution in [3.05, 3.63) is 27.9 Å². The molecule has 2 rings (SSSR count). The second-order valence-corrected chi connectivity index (χ2v) is 4.71. The van der Waals surface area contributed by atoms with Crippen molar-refractivity contribution in [3.63, 3.8) is 0 Å². The zero-order valence-electron chi connectivity index (χ0n) is 10.7. The van der Waals surface area contributed by atoms with Gasteiger partial charge in [-0.05, 0) is 24.8 Å². The molecule has 8 nitrogen and oxygen atoms in total. The number of aromatic nitrogens is 1. The van der Waals surface area contributed by atoms with E-state index in [1.807, 2.05) is 0 Å². The Bertz CT molecular complexity index is 526. The Morgan fingerprint density at radius 1 is 1.45 bits per heavy atom. The van der Waals surface area contributed by atoms with Crippen LogP contribution in [0.4, 0.5) is 11.5 Å². The van der Waals surface area contributed by atoms with Gasteiger partial charge in [-0.15, -0.1) is 0 Å². The zero-order chi connectivity index (χ0) is 14.7. The van der Waals surface area contributed by atoms with E-state index in [0.717, 1.165) is 6.07 Å². The summed E-state index contributed by atoms with van der Waals surface area (Å²) in [4.78, 5) is 27.0. The summed E-state index contributed by atoms with van der Waals surface area (Å²) in [7, 11) is 0. The van der Waals surface area contributed by atoms with Crippen LogP contribution >= 0.6 is 0 Å². The maximum Gasteiger partial charge on any atom is 0.354 e. The van der Waals surface area contributed by atoms with Gasteiger partial charge in [-0.3, -0.25) is 10.1 Å². The number of nitrogens with zero attached hydrogens (tertiary/aromatic N) is 3. The maximum absolute atomic E-state index is 11.0. The lowest BCUT2D eigenvalue weighted by molar-refractivity contribution is -0.384. The summed E-state index contributed by atoms with van der Waals surface area (Å²) in [5.74, 6) is -0.939. The quantitative estimate of drug-likeness (QED) is 0.621. The van der Waals surface area contributed by atoms with Crippen molar-refractivity contribution in [2.75, 3.05) is 24.6 Å². The summed E-state index contributed by atoms with van der Waals surface area (Å²) in [5, 5.41) is 29.0. The largest absolute Gasteiger partial charge is 0.477 e. The summed E-state index contributed by atoms with van der Waals surface area (Å²) in [6, 6.07) is 2.30. The maximum atomic E-state index is 11.0. The molecule has 1 aromatic rings. The van der Waals surface area contributed by atoms with Crippen LogP contribution in [0.1, 0.15) is 23.3 Å². The molecule has 0 spiro atoms. The van der Waals surface area contributed by atoms with Gasteiger partial charge in [-0.1, -0.05) is 0 Å². The van der Waals surface area contributed by atoms with Gasteiger partial charge in [0.15, 0.2) is 5.69 Å². The molecule has 108 valence electrons.